The number of hydrogen-bond donors (Lipinski definition) is 2. The zero-order valence-corrected chi connectivity index (χ0v) is 29.3. The van der Waals surface area contributed by atoms with Crippen LogP contribution in [0.5, 0.6) is 0 Å². The number of aliphatic hydroxyl groups excluding tert-OH is 1. The van der Waals surface area contributed by atoms with Crippen LogP contribution >= 0.6 is 15.9 Å². The van der Waals surface area contributed by atoms with Crippen LogP contribution in [0, 0.1) is 5.92 Å². The predicted octanol–water partition coefficient (Wildman–Crippen LogP) is 6.79. The highest BCUT2D eigenvalue weighted by Crippen LogP contribution is 2.47. The maximum absolute atomic E-state index is 14.1. The normalized spacial score (nSPS) is 18.4. The number of aromatic nitrogens is 3. The minimum atomic E-state index is -1.76. The highest BCUT2D eigenvalue weighted by atomic mass is 79.9. The molecule has 2 N–H and O–H groups in total. The maximum Gasteiger partial charge on any atom is 0.264 e. The molecule has 0 saturated heterocycles. The average Bonchev–Trinajstić information content (AvgIpc) is 3.68. The fourth-order valence-electron chi connectivity index (χ4n) is 7.00. The van der Waals surface area contributed by atoms with Crippen LogP contribution in [-0.4, -0.2) is 43.6 Å². The molecule has 4 aromatic carbocycles. The Morgan fingerprint density at radius 2 is 1.70 bits per heavy atom. The molecule has 10 heteroatoms. The average molecular weight is 733 g/mol. The molecule has 254 valence electrons. The lowest BCUT2D eigenvalue weighted by molar-refractivity contribution is -0.139. The second kappa shape index (κ2) is 14.1. The number of fused-ring (bicyclic) bond motifs is 2. The van der Waals surface area contributed by atoms with Gasteiger partial charge in [0.15, 0.2) is 5.60 Å². The fourth-order valence-corrected chi connectivity index (χ4v) is 7.37. The van der Waals surface area contributed by atoms with Crippen molar-refractivity contribution in [2.45, 2.75) is 50.8 Å². The Morgan fingerprint density at radius 3 is 2.48 bits per heavy atom. The molecule has 2 amide bonds. The van der Waals surface area contributed by atoms with E-state index in [1.54, 1.807) is 14.5 Å². The molecule has 2 aliphatic rings. The van der Waals surface area contributed by atoms with Crippen LogP contribution < -0.4 is 9.80 Å². The molecule has 0 spiro atoms. The summed E-state index contributed by atoms with van der Waals surface area (Å²) in [4.78, 5) is 30.5. The van der Waals surface area contributed by atoms with E-state index in [0.29, 0.717) is 36.3 Å². The van der Waals surface area contributed by atoms with Gasteiger partial charge in [0.1, 0.15) is 0 Å². The summed E-state index contributed by atoms with van der Waals surface area (Å²) in [6.45, 7) is 2.60. The van der Waals surface area contributed by atoms with Gasteiger partial charge in [-0.05, 0) is 65.9 Å². The third kappa shape index (κ3) is 6.30. The highest BCUT2D eigenvalue weighted by molar-refractivity contribution is 9.10. The quantitative estimate of drug-likeness (QED) is 0.145. The van der Waals surface area contributed by atoms with Crippen molar-refractivity contribution < 1.29 is 19.8 Å². The summed E-state index contributed by atoms with van der Waals surface area (Å²) in [7, 11) is 0. The first-order valence-electron chi connectivity index (χ1n) is 16.8. The lowest BCUT2D eigenvalue weighted by atomic mass is 9.83. The molecular formula is C40H38BrN5O4. The number of aliphatic hydroxyl groups is 2. The van der Waals surface area contributed by atoms with E-state index in [1.807, 2.05) is 116 Å². The molecule has 50 heavy (non-hydrogen) atoms. The van der Waals surface area contributed by atoms with Crippen LogP contribution in [0.4, 0.5) is 17.1 Å². The van der Waals surface area contributed by atoms with E-state index in [1.165, 1.54) is 0 Å². The van der Waals surface area contributed by atoms with Crippen LogP contribution in [0.25, 0.3) is 0 Å². The number of aryl methyl sites for hydroxylation is 2. The lowest BCUT2D eigenvalue weighted by Crippen LogP contribution is -2.44. The molecule has 0 saturated carbocycles. The standard InChI is InChI=1S/C40H38BrN5O4/c1-27(9-7-8-22-44-25-35(42-43-44)33(26-47)29-10-3-2-4-11-29)40(50)34-23-31(41)17-20-37(34)45(39(40)49)24-28-14-18-32(19-15-28)46-36-13-6-5-12-30(36)16-21-38(46)48/h2-7,9-15,17-20,23,25,27,33,47,50H,8,16,21-22,24,26H2,1H3/b9-7+/t27-,33?,40+/m1/s1. The number of allylic oxidation sites excluding steroid dienone is 1. The van der Waals surface area contributed by atoms with Crippen molar-refractivity contribution in [2.75, 3.05) is 16.4 Å². The molecule has 7 rings (SSSR count). The molecule has 0 radical (unpaired) electrons. The number of anilines is 3. The first-order chi connectivity index (χ1) is 24.3. The van der Waals surface area contributed by atoms with Crippen molar-refractivity contribution in [3.05, 3.63) is 148 Å². The number of amides is 2. The largest absolute Gasteiger partial charge is 0.395 e. The number of carbonyl (C=O) groups excluding carboxylic acids is 2. The minimum absolute atomic E-state index is 0.0576. The molecule has 0 fully saturated rings. The van der Waals surface area contributed by atoms with Crippen molar-refractivity contribution in [1.82, 2.24) is 15.0 Å². The number of carbonyl (C=O) groups is 2. The fraction of sp³-hybridized carbons (Fsp3) is 0.250. The van der Waals surface area contributed by atoms with Crippen LogP contribution in [0.15, 0.2) is 120 Å². The number of halogens is 1. The number of nitrogens with zero attached hydrogens (tertiary/aromatic N) is 5. The molecule has 1 aromatic heterocycles. The highest BCUT2D eigenvalue weighted by Gasteiger charge is 2.52. The van der Waals surface area contributed by atoms with Gasteiger partial charge in [-0.1, -0.05) is 101 Å². The Hall–Kier alpha value is -4.90. The van der Waals surface area contributed by atoms with E-state index in [9.17, 15) is 19.8 Å². The Bertz CT molecular complexity index is 2050. The van der Waals surface area contributed by atoms with Gasteiger partial charge in [-0.3, -0.25) is 19.2 Å². The molecular weight excluding hydrogens is 694 g/mol. The first-order valence-corrected chi connectivity index (χ1v) is 17.6. The molecule has 0 aliphatic carbocycles. The van der Waals surface area contributed by atoms with E-state index < -0.39 is 11.5 Å². The second-order valence-corrected chi connectivity index (χ2v) is 13.8. The molecule has 2 aliphatic heterocycles. The van der Waals surface area contributed by atoms with Gasteiger partial charge in [-0.15, -0.1) is 5.10 Å². The van der Waals surface area contributed by atoms with Crippen molar-refractivity contribution in [2.24, 2.45) is 5.92 Å². The van der Waals surface area contributed by atoms with Gasteiger partial charge in [0.2, 0.25) is 5.91 Å². The monoisotopic (exact) mass is 731 g/mol. The van der Waals surface area contributed by atoms with Crippen LogP contribution in [0.1, 0.15) is 53.6 Å². The summed E-state index contributed by atoms with van der Waals surface area (Å²) in [5, 5.41) is 30.7. The summed E-state index contributed by atoms with van der Waals surface area (Å²) in [6, 6.07) is 31.0. The van der Waals surface area contributed by atoms with Crippen LogP contribution in [-0.2, 0) is 34.7 Å². The number of hydrogen-bond acceptors (Lipinski definition) is 6. The van der Waals surface area contributed by atoms with Gasteiger partial charge in [0.05, 0.1) is 36.1 Å². The molecule has 9 nitrogen and oxygen atoms in total. The van der Waals surface area contributed by atoms with Crippen molar-refractivity contribution >= 4 is 44.8 Å². The Balaban J connectivity index is 1.05. The van der Waals surface area contributed by atoms with E-state index in [0.717, 1.165) is 39.0 Å². The van der Waals surface area contributed by atoms with Crippen LogP contribution in [0.3, 0.4) is 0 Å². The van der Waals surface area contributed by atoms with Gasteiger partial charge in [0, 0.05) is 40.8 Å². The van der Waals surface area contributed by atoms with Gasteiger partial charge in [-0.2, -0.15) is 0 Å². The van der Waals surface area contributed by atoms with Crippen LogP contribution in [0.2, 0.25) is 0 Å². The van der Waals surface area contributed by atoms with E-state index in [-0.39, 0.29) is 30.9 Å². The van der Waals surface area contributed by atoms with Crippen molar-refractivity contribution in [3.8, 4) is 0 Å². The zero-order chi connectivity index (χ0) is 34.8. The molecule has 5 aromatic rings. The summed E-state index contributed by atoms with van der Waals surface area (Å²) in [6.07, 6.45) is 7.48. The third-order valence-corrected chi connectivity index (χ3v) is 10.3. The summed E-state index contributed by atoms with van der Waals surface area (Å²) >= 11 is 3.53. The second-order valence-electron chi connectivity index (χ2n) is 12.9. The smallest absolute Gasteiger partial charge is 0.264 e. The third-order valence-electron chi connectivity index (χ3n) is 9.76. The lowest BCUT2D eigenvalue weighted by Gasteiger charge is -2.30. The minimum Gasteiger partial charge on any atom is -0.395 e. The zero-order valence-electron chi connectivity index (χ0n) is 27.7. The van der Waals surface area contributed by atoms with Crippen molar-refractivity contribution in [1.29, 1.82) is 0 Å². The van der Waals surface area contributed by atoms with Crippen molar-refractivity contribution in [3.63, 3.8) is 0 Å². The SMILES string of the molecule is C[C@H](/C=C/CCn1cc(C(CO)c2ccccc2)nn1)[C@@]1(O)C(=O)N(Cc2ccc(N3C(=O)CCc4ccccc43)cc2)c2ccc(Br)cc21. The van der Waals surface area contributed by atoms with Gasteiger partial charge < -0.3 is 15.1 Å². The Labute approximate surface area is 299 Å². The van der Waals surface area contributed by atoms with Gasteiger partial charge >= 0.3 is 0 Å². The topological polar surface area (TPSA) is 112 Å². The molecule has 1 unspecified atom stereocenters. The van der Waals surface area contributed by atoms with E-state index in [4.69, 9.17) is 0 Å². The molecule has 3 heterocycles. The van der Waals surface area contributed by atoms with E-state index >= 15 is 0 Å². The Kier molecular flexibility index (Phi) is 9.50. The summed E-state index contributed by atoms with van der Waals surface area (Å²) in [5.74, 6) is -1.10. The van der Waals surface area contributed by atoms with Gasteiger partial charge in [0.25, 0.3) is 5.91 Å². The number of rotatable bonds is 11. The summed E-state index contributed by atoms with van der Waals surface area (Å²) in [5.41, 5.74) is 4.84. The molecule has 0 bridgehead atoms. The van der Waals surface area contributed by atoms with E-state index in [2.05, 4.69) is 32.3 Å². The maximum atomic E-state index is 14.1. The number of para-hydroxylation sites is 1. The first kappa shape index (κ1) is 33.6. The predicted molar refractivity (Wildman–Crippen MR) is 196 cm³/mol. The summed E-state index contributed by atoms with van der Waals surface area (Å²) < 4.78 is 2.51. The van der Waals surface area contributed by atoms with Gasteiger partial charge in [-0.25, -0.2) is 0 Å². The molecule has 3 atom stereocenters. The Morgan fingerprint density at radius 1 is 0.940 bits per heavy atom. The number of benzene rings is 4.